The highest BCUT2D eigenvalue weighted by Crippen LogP contribution is 2.20. The van der Waals surface area contributed by atoms with Crippen LogP contribution in [0.4, 0.5) is 10.5 Å². The Morgan fingerprint density at radius 3 is 2.74 bits per heavy atom. The quantitative estimate of drug-likeness (QED) is 0.830. The topological polar surface area (TPSA) is 67.6 Å². The number of urea groups is 1. The molecule has 2 rings (SSSR count). The molecule has 0 aromatic heterocycles. The Kier molecular flexibility index (Phi) is 4.21. The van der Waals surface area contributed by atoms with E-state index in [1.165, 1.54) is 0 Å². The first kappa shape index (κ1) is 13.6. The van der Waals surface area contributed by atoms with E-state index in [1.54, 1.807) is 36.3 Å². The zero-order valence-electron chi connectivity index (χ0n) is 10.8. The van der Waals surface area contributed by atoms with Crippen LogP contribution in [0, 0.1) is 0 Å². The number of carbonyl (C=O) groups is 1. The monoisotopic (exact) mass is 279 g/mol. The van der Waals surface area contributed by atoms with Crippen LogP contribution in [0.1, 0.15) is 12.8 Å². The van der Waals surface area contributed by atoms with Gasteiger partial charge in [-0.15, -0.1) is 0 Å². The van der Waals surface area contributed by atoms with Gasteiger partial charge in [-0.05, 0) is 37.1 Å². The second kappa shape index (κ2) is 5.88. The summed E-state index contributed by atoms with van der Waals surface area (Å²) in [7, 11) is 1.60. The van der Waals surface area contributed by atoms with Crippen molar-refractivity contribution in [2.24, 2.45) is 5.73 Å². The molecule has 0 spiro atoms. The van der Waals surface area contributed by atoms with Crippen LogP contribution in [-0.2, 0) is 0 Å². The minimum atomic E-state index is -0.166. The van der Waals surface area contributed by atoms with Crippen LogP contribution in [0.15, 0.2) is 24.3 Å². The highest BCUT2D eigenvalue weighted by atomic mass is 32.1. The minimum Gasteiger partial charge on any atom is -0.497 e. The molecule has 19 heavy (non-hydrogen) atoms. The highest BCUT2D eigenvalue weighted by molar-refractivity contribution is 7.80. The summed E-state index contributed by atoms with van der Waals surface area (Å²) in [6.07, 6.45) is 1.77. The lowest BCUT2D eigenvalue weighted by Crippen LogP contribution is -2.44. The number of nitrogens with zero attached hydrogens (tertiary/aromatic N) is 1. The molecule has 1 unspecified atom stereocenters. The summed E-state index contributed by atoms with van der Waals surface area (Å²) >= 11 is 4.99. The van der Waals surface area contributed by atoms with Gasteiger partial charge in [0.2, 0.25) is 0 Å². The molecule has 2 amide bonds. The van der Waals surface area contributed by atoms with E-state index in [9.17, 15) is 4.79 Å². The standard InChI is InChI=1S/C13H17N3O2S/c1-18-10-6-4-9(5-7-10)15-13(17)16-8-2-3-11(16)12(14)19/h4-7,11H,2-3,8H2,1H3,(H2,14,19)(H,15,17). The maximum atomic E-state index is 12.2. The SMILES string of the molecule is COc1ccc(NC(=O)N2CCCC2C(N)=S)cc1. The average molecular weight is 279 g/mol. The van der Waals surface area contributed by atoms with E-state index in [2.05, 4.69) is 5.32 Å². The summed E-state index contributed by atoms with van der Waals surface area (Å²) in [5.74, 6) is 0.750. The van der Waals surface area contributed by atoms with Gasteiger partial charge in [-0.2, -0.15) is 0 Å². The molecule has 1 saturated heterocycles. The summed E-state index contributed by atoms with van der Waals surface area (Å²) in [5.41, 5.74) is 6.37. The van der Waals surface area contributed by atoms with Crippen molar-refractivity contribution in [2.75, 3.05) is 19.0 Å². The Morgan fingerprint density at radius 2 is 2.16 bits per heavy atom. The minimum absolute atomic E-state index is 0.131. The molecule has 1 aliphatic heterocycles. The van der Waals surface area contributed by atoms with Crippen molar-refractivity contribution < 1.29 is 9.53 Å². The van der Waals surface area contributed by atoms with Crippen LogP contribution in [0.3, 0.4) is 0 Å². The van der Waals surface area contributed by atoms with Crippen molar-refractivity contribution in [1.82, 2.24) is 4.90 Å². The third-order valence-corrected chi connectivity index (χ3v) is 3.46. The Hall–Kier alpha value is -1.82. The first-order valence-electron chi connectivity index (χ1n) is 6.13. The fourth-order valence-electron chi connectivity index (χ4n) is 2.18. The van der Waals surface area contributed by atoms with Crippen molar-refractivity contribution in [3.63, 3.8) is 0 Å². The number of benzene rings is 1. The van der Waals surface area contributed by atoms with E-state index in [4.69, 9.17) is 22.7 Å². The first-order valence-corrected chi connectivity index (χ1v) is 6.53. The van der Waals surface area contributed by atoms with Crippen LogP contribution >= 0.6 is 12.2 Å². The second-order valence-corrected chi connectivity index (χ2v) is 4.88. The predicted octanol–water partition coefficient (Wildman–Crippen LogP) is 1.98. The van der Waals surface area contributed by atoms with E-state index >= 15 is 0 Å². The molecule has 0 saturated carbocycles. The zero-order chi connectivity index (χ0) is 13.8. The van der Waals surface area contributed by atoms with Crippen LogP contribution < -0.4 is 15.8 Å². The number of thiocarbonyl (C=S) groups is 1. The van der Waals surface area contributed by atoms with Gasteiger partial charge in [0.05, 0.1) is 18.1 Å². The van der Waals surface area contributed by atoms with Gasteiger partial charge in [-0.25, -0.2) is 4.79 Å². The Morgan fingerprint density at radius 1 is 1.47 bits per heavy atom. The smallest absolute Gasteiger partial charge is 0.322 e. The van der Waals surface area contributed by atoms with Gasteiger partial charge in [-0.3, -0.25) is 0 Å². The first-order chi connectivity index (χ1) is 9.11. The molecule has 1 atom stereocenters. The van der Waals surface area contributed by atoms with Crippen molar-refractivity contribution in [3.8, 4) is 5.75 Å². The Balaban J connectivity index is 2.01. The van der Waals surface area contributed by atoms with E-state index in [0.29, 0.717) is 11.5 Å². The van der Waals surface area contributed by atoms with Gasteiger partial charge < -0.3 is 20.7 Å². The maximum absolute atomic E-state index is 12.2. The fraction of sp³-hybridized carbons (Fsp3) is 0.385. The van der Waals surface area contributed by atoms with E-state index in [0.717, 1.165) is 24.3 Å². The number of anilines is 1. The largest absolute Gasteiger partial charge is 0.497 e. The second-order valence-electron chi connectivity index (χ2n) is 4.41. The molecular weight excluding hydrogens is 262 g/mol. The summed E-state index contributed by atoms with van der Waals surface area (Å²) < 4.78 is 5.07. The molecule has 1 fully saturated rings. The van der Waals surface area contributed by atoms with Gasteiger partial charge >= 0.3 is 6.03 Å². The molecule has 0 radical (unpaired) electrons. The number of rotatable bonds is 3. The third kappa shape index (κ3) is 3.14. The highest BCUT2D eigenvalue weighted by Gasteiger charge is 2.30. The molecule has 102 valence electrons. The lowest BCUT2D eigenvalue weighted by Gasteiger charge is -2.24. The summed E-state index contributed by atoms with van der Waals surface area (Å²) in [6.45, 7) is 0.685. The van der Waals surface area contributed by atoms with E-state index < -0.39 is 0 Å². The van der Waals surface area contributed by atoms with Crippen molar-refractivity contribution in [1.29, 1.82) is 0 Å². The summed E-state index contributed by atoms with van der Waals surface area (Å²) in [5, 5.41) is 2.84. The number of likely N-dealkylation sites (tertiary alicyclic amines) is 1. The molecule has 3 N–H and O–H groups in total. The van der Waals surface area contributed by atoms with Gasteiger partial charge in [0.15, 0.2) is 0 Å². The number of hydrogen-bond acceptors (Lipinski definition) is 3. The molecule has 1 heterocycles. The average Bonchev–Trinajstić information content (AvgIpc) is 2.89. The number of amides is 2. The molecule has 1 aromatic rings. The van der Waals surface area contributed by atoms with E-state index in [-0.39, 0.29) is 12.1 Å². The number of methoxy groups -OCH3 is 1. The molecule has 6 heteroatoms. The maximum Gasteiger partial charge on any atom is 0.322 e. The third-order valence-electron chi connectivity index (χ3n) is 3.18. The van der Waals surface area contributed by atoms with Crippen LogP contribution in [0.25, 0.3) is 0 Å². The number of nitrogens with one attached hydrogen (secondary N) is 1. The van der Waals surface area contributed by atoms with Gasteiger partial charge in [0.25, 0.3) is 0 Å². The van der Waals surface area contributed by atoms with Gasteiger partial charge in [0, 0.05) is 12.2 Å². The van der Waals surface area contributed by atoms with E-state index in [1.807, 2.05) is 0 Å². The predicted molar refractivity (Wildman–Crippen MR) is 78.5 cm³/mol. The molecule has 1 aromatic carbocycles. The van der Waals surface area contributed by atoms with Crippen molar-refractivity contribution in [3.05, 3.63) is 24.3 Å². The van der Waals surface area contributed by atoms with Crippen LogP contribution in [0.2, 0.25) is 0 Å². The van der Waals surface area contributed by atoms with Gasteiger partial charge in [0.1, 0.15) is 5.75 Å². The van der Waals surface area contributed by atoms with Crippen molar-refractivity contribution in [2.45, 2.75) is 18.9 Å². The zero-order valence-corrected chi connectivity index (χ0v) is 11.6. The number of hydrogen-bond donors (Lipinski definition) is 2. The fourth-order valence-corrected chi connectivity index (χ4v) is 2.42. The summed E-state index contributed by atoms with van der Waals surface area (Å²) in [6, 6.07) is 6.88. The Labute approximate surface area is 117 Å². The number of carbonyl (C=O) groups excluding carboxylic acids is 1. The number of ether oxygens (including phenoxy) is 1. The lowest BCUT2D eigenvalue weighted by molar-refractivity contribution is 0.217. The molecule has 1 aliphatic rings. The molecular formula is C13H17N3O2S. The molecule has 5 nitrogen and oxygen atoms in total. The Bertz CT molecular complexity index is 475. The molecule has 0 bridgehead atoms. The molecule has 0 aliphatic carbocycles. The normalized spacial score (nSPS) is 18.2. The lowest BCUT2D eigenvalue weighted by atomic mass is 10.2. The van der Waals surface area contributed by atoms with Crippen LogP contribution in [0.5, 0.6) is 5.75 Å². The van der Waals surface area contributed by atoms with Crippen LogP contribution in [-0.4, -0.2) is 35.6 Å². The summed E-state index contributed by atoms with van der Waals surface area (Å²) in [4.78, 5) is 14.2. The number of nitrogens with two attached hydrogens (primary N) is 1. The van der Waals surface area contributed by atoms with Gasteiger partial charge in [-0.1, -0.05) is 12.2 Å². The van der Waals surface area contributed by atoms with Crippen molar-refractivity contribution >= 4 is 28.9 Å².